The van der Waals surface area contributed by atoms with Crippen molar-refractivity contribution in [1.29, 1.82) is 0 Å². The molecule has 1 aromatic rings. The minimum Gasteiger partial charge on any atom is -0.373 e. The molecule has 1 aliphatic carbocycles. The first-order valence-electron chi connectivity index (χ1n) is 6.44. The molecule has 0 radical (unpaired) electrons. The minimum atomic E-state index is -0.140. The number of fused-ring (bicyclic) bond motifs is 1. The van der Waals surface area contributed by atoms with Crippen molar-refractivity contribution in [1.82, 2.24) is 9.88 Å². The number of rotatable bonds is 3. The number of aromatic nitrogens is 1. The van der Waals surface area contributed by atoms with Crippen LogP contribution < -0.4 is 5.32 Å². The van der Waals surface area contributed by atoms with Crippen LogP contribution in [0, 0.1) is 17.3 Å². The molecule has 3 rings (SSSR count). The van der Waals surface area contributed by atoms with E-state index in [9.17, 15) is 9.59 Å². The molecule has 1 N–H and O–H groups in total. The number of nitrogens with one attached hydrogen (secondary N) is 1. The number of amides is 2. The maximum Gasteiger partial charge on any atom is 0.233 e. The Hall–Kier alpha value is -1.91. The predicted molar refractivity (Wildman–Crippen MR) is 70.1 cm³/mol. The van der Waals surface area contributed by atoms with Crippen LogP contribution in [-0.4, -0.2) is 28.7 Å². The Morgan fingerprint density at radius 1 is 1.26 bits per heavy atom. The molecule has 100 valence electrons. The fourth-order valence-electron chi connectivity index (χ4n) is 3.01. The minimum absolute atomic E-state index is 0.0299. The van der Waals surface area contributed by atoms with E-state index < -0.39 is 0 Å². The van der Waals surface area contributed by atoms with Gasteiger partial charge < -0.3 is 5.32 Å². The normalized spacial score (nSPS) is 27.4. The molecule has 2 fully saturated rings. The summed E-state index contributed by atoms with van der Waals surface area (Å²) in [5, 5.41) is 2.93. The molecule has 1 aliphatic heterocycles. The predicted octanol–water partition coefficient (Wildman–Crippen LogP) is 1.26. The standard InChI is InChI=1S/C14H17N3O2/c1-14(2)10-11(14)13(19)17(12(10)18)7-8-4-5-9(15-3)16-6-8/h4-6,10-11H,7H2,1-3H3,(H,15,16). The van der Waals surface area contributed by atoms with Crippen LogP contribution in [0.1, 0.15) is 19.4 Å². The zero-order chi connectivity index (χ0) is 13.8. The van der Waals surface area contributed by atoms with Crippen LogP contribution in [0.25, 0.3) is 0 Å². The molecule has 1 aromatic heterocycles. The van der Waals surface area contributed by atoms with E-state index in [1.54, 1.807) is 13.2 Å². The molecule has 5 nitrogen and oxygen atoms in total. The van der Waals surface area contributed by atoms with Gasteiger partial charge in [0.2, 0.25) is 11.8 Å². The number of hydrogen-bond acceptors (Lipinski definition) is 4. The summed E-state index contributed by atoms with van der Waals surface area (Å²) >= 11 is 0. The summed E-state index contributed by atoms with van der Waals surface area (Å²) in [6, 6.07) is 3.72. The summed E-state index contributed by atoms with van der Waals surface area (Å²) in [7, 11) is 1.80. The van der Waals surface area contributed by atoms with E-state index in [0.717, 1.165) is 11.4 Å². The Balaban J connectivity index is 1.75. The van der Waals surface area contributed by atoms with Gasteiger partial charge in [-0.2, -0.15) is 0 Å². The van der Waals surface area contributed by atoms with E-state index in [1.807, 2.05) is 26.0 Å². The maximum absolute atomic E-state index is 12.2. The summed E-state index contributed by atoms with van der Waals surface area (Å²) < 4.78 is 0. The van der Waals surface area contributed by atoms with Gasteiger partial charge in [-0.3, -0.25) is 14.5 Å². The lowest BCUT2D eigenvalue weighted by molar-refractivity contribution is -0.143. The van der Waals surface area contributed by atoms with Gasteiger partial charge in [0.15, 0.2) is 0 Å². The van der Waals surface area contributed by atoms with E-state index in [-0.39, 0.29) is 29.1 Å². The second kappa shape index (κ2) is 3.79. The van der Waals surface area contributed by atoms with E-state index in [1.165, 1.54) is 4.90 Å². The van der Waals surface area contributed by atoms with Crippen LogP contribution in [0.4, 0.5) is 5.82 Å². The number of imide groups is 1. The van der Waals surface area contributed by atoms with Crippen LogP contribution in [0.2, 0.25) is 0 Å². The summed E-state index contributed by atoms with van der Waals surface area (Å²) in [5.74, 6) is 0.497. The molecule has 2 heterocycles. The van der Waals surface area contributed by atoms with Gasteiger partial charge in [-0.15, -0.1) is 0 Å². The van der Waals surface area contributed by atoms with Gasteiger partial charge in [0, 0.05) is 13.2 Å². The lowest BCUT2D eigenvalue weighted by Crippen LogP contribution is -2.35. The molecule has 0 aromatic carbocycles. The highest BCUT2D eigenvalue weighted by atomic mass is 16.2. The summed E-state index contributed by atoms with van der Waals surface area (Å²) in [4.78, 5) is 29.9. The number of anilines is 1. The SMILES string of the molecule is CNc1ccc(CN2C(=O)C3C(C2=O)C3(C)C)cn1. The molecule has 1 saturated carbocycles. The van der Waals surface area contributed by atoms with E-state index >= 15 is 0 Å². The molecule has 0 bridgehead atoms. The smallest absolute Gasteiger partial charge is 0.233 e. The lowest BCUT2D eigenvalue weighted by atomic mass is 10.1. The number of carbonyl (C=O) groups is 2. The van der Waals surface area contributed by atoms with Crippen molar-refractivity contribution in [2.24, 2.45) is 17.3 Å². The maximum atomic E-state index is 12.2. The lowest BCUT2D eigenvalue weighted by Gasteiger charge is -2.20. The molecule has 5 heteroatoms. The highest BCUT2D eigenvalue weighted by Gasteiger charge is 2.72. The Bertz CT molecular complexity index is 526. The Labute approximate surface area is 112 Å². The van der Waals surface area contributed by atoms with Gasteiger partial charge in [0.1, 0.15) is 5.82 Å². The molecule has 2 amide bonds. The fourth-order valence-corrected chi connectivity index (χ4v) is 3.01. The third-order valence-electron chi connectivity index (χ3n) is 4.31. The van der Waals surface area contributed by atoms with Crippen molar-refractivity contribution in [2.45, 2.75) is 20.4 Å². The van der Waals surface area contributed by atoms with Crippen molar-refractivity contribution in [3.8, 4) is 0 Å². The van der Waals surface area contributed by atoms with Gasteiger partial charge in [-0.1, -0.05) is 19.9 Å². The van der Waals surface area contributed by atoms with Crippen molar-refractivity contribution < 1.29 is 9.59 Å². The molecule has 0 spiro atoms. The zero-order valence-electron chi connectivity index (χ0n) is 11.3. The Morgan fingerprint density at radius 2 is 1.89 bits per heavy atom. The first-order valence-corrected chi connectivity index (χ1v) is 6.44. The van der Waals surface area contributed by atoms with E-state index in [2.05, 4.69) is 10.3 Å². The number of likely N-dealkylation sites (tertiary alicyclic amines) is 1. The van der Waals surface area contributed by atoms with Gasteiger partial charge in [0.25, 0.3) is 0 Å². The molecule has 19 heavy (non-hydrogen) atoms. The monoisotopic (exact) mass is 259 g/mol. The van der Waals surface area contributed by atoms with Crippen LogP contribution in [0.15, 0.2) is 18.3 Å². The van der Waals surface area contributed by atoms with Crippen LogP contribution in [0.5, 0.6) is 0 Å². The van der Waals surface area contributed by atoms with Gasteiger partial charge in [-0.25, -0.2) is 4.98 Å². The topological polar surface area (TPSA) is 62.3 Å². The average molecular weight is 259 g/mol. The van der Waals surface area contributed by atoms with E-state index in [0.29, 0.717) is 6.54 Å². The molecular formula is C14H17N3O2. The van der Waals surface area contributed by atoms with E-state index in [4.69, 9.17) is 0 Å². The number of nitrogens with zero attached hydrogens (tertiary/aromatic N) is 2. The van der Waals surface area contributed by atoms with Crippen LogP contribution >= 0.6 is 0 Å². The first-order chi connectivity index (χ1) is 8.96. The second-order valence-corrected chi connectivity index (χ2v) is 5.84. The average Bonchev–Trinajstić information content (AvgIpc) is 2.87. The van der Waals surface area contributed by atoms with Crippen LogP contribution in [0.3, 0.4) is 0 Å². The zero-order valence-corrected chi connectivity index (χ0v) is 11.3. The third-order valence-corrected chi connectivity index (χ3v) is 4.31. The van der Waals surface area contributed by atoms with Crippen molar-refractivity contribution in [2.75, 3.05) is 12.4 Å². The highest BCUT2D eigenvalue weighted by Crippen LogP contribution is 2.63. The second-order valence-electron chi connectivity index (χ2n) is 5.84. The number of piperidine rings is 1. The highest BCUT2D eigenvalue weighted by molar-refractivity contribution is 6.10. The molecular weight excluding hydrogens is 242 g/mol. The van der Waals surface area contributed by atoms with Crippen LogP contribution in [-0.2, 0) is 16.1 Å². The van der Waals surface area contributed by atoms with Gasteiger partial charge in [0.05, 0.1) is 18.4 Å². The number of hydrogen-bond donors (Lipinski definition) is 1. The van der Waals surface area contributed by atoms with Crippen molar-refractivity contribution >= 4 is 17.6 Å². The van der Waals surface area contributed by atoms with Crippen molar-refractivity contribution in [3.63, 3.8) is 0 Å². The van der Waals surface area contributed by atoms with Crippen molar-refractivity contribution in [3.05, 3.63) is 23.9 Å². The summed E-state index contributed by atoms with van der Waals surface area (Å²) in [5.41, 5.74) is 0.735. The van der Waals surface area contributed by atoms with Gasteiger partial charge in [-0.05, 0) is 17.0 Å². The number of carbonyl (C=O) groups excluding carboxylic acids is 2. The Kier molecular flexibility index (Phi) is 2.42. The molecule has 2 atom stereocenters. The van der Waals surface area contributed by atoms with Gasteiger partial charge >= 0.3 is 0 Å². The third kappa shape index (κ3) is 1.64. The molecule has 2 unspecified atom stereocenters. The quantitative estimate of drug-likeness (QED) is 0.830. The molecule has 2 aliphatic rings. The Morgan fingerprint density at radius 3 is 2.37 bits per heavy atom. The number of pyridine rings is 1. The fraction of sp³-hybridized carbons (Fsp3) is 0.500. The molecule has 1 saturated heterocycles. The first kappa shape index (κ1) is 12.1. The largest absolute Gasteiger partial charge is 0.373 e. The summed E-state index contributed by atoms with van der Waals surface area (Å²) in [6.45, 7) is 4.30. The summed E-state index contributed by atoms with van der Waals surface area (Å²) in [6.07, 6.45) is 1.70.